The second-order valence-corrected chi connectivity index (χ2v) is 6.07. The zero-order valence-corrected chi connectivity index (χ0v) is 13.5. The molecule has 0 spiro atoms. The number of ether oxygens (including phenoxy) is 1. The summed E-state index contributed by atoms with van der Waals surface area (Å²) in [6.45, 7) is 5.95. The first-order valence-corrected chi connectivity index (χ1v) is 8.81. The number of epoxide rings is 1. The highest BCUT2D eigenvalue weighted by Crippen LogP contribution is 2.31. The number of hydrogen-bond acceptors (Lipinski definition) is 1. The molecule has 0 radical (unpaired) electrons. The molecule has 0 saturated carbocycles. The predicted molar refractivity (Wildman–Crippen MR) is 89.1 cm³/mol. The summed E-state index contributed by atoms with van der Waals surface area (Å²) in [5, 5.41) is 0. The molecule has 1 aliphatic heterocycles. The summed E-state index contributed by atoms with van der Waals surface area (Å²) in [6, 6.07) is 0. The van der Waals surface area contributed by atoms with Gasteiger partial charge in [-0.15, -0.1) is 0 Å². The maximum Gasteiger partial charge on any atom is 0.0841 e. The molecular formula is C19H34O. The van der Waals surface area contributed by atoms with Crippen LogP contribution in [0.15, 0.2) is 24.8 Å². The van der Waals surface area contributed by atoms with E-state index < -0.39 is 0 Å². The van der Waals surface area contributed by atoms with Gasteiger partial charge >= 0.3 is 0 Å². The van der Waals surface area contributed by atoms with Crippen LogP contribution in [0.2, 0.25) is 0 Å². The van der Waals surface area contributed by atoms with Crippen LogP contribution < -0.4 is 0 Å². The average Bonchev–Trinajstić information content (AvgIpc) is 3.20. The Balaban J connectivity index is 1.79. The second kappa shape index (κ2) is 12.2. The molecule has 0 N–H and O–H groups in total. The standard InChI is InChI=1S/C19H34O/c1-3-5-7-9-11-13-15-17-19-18(20-19)16-14-12-10-8-6-4-2/h4,6,8,18-19H,2-3,5,7,9-17H2,1H3/b8-6+. The van der Waals surface area contributed by atoms with Gasteiger partial charge in [0.25, 0.3) is 0 Å². The highest BCUT2D eigenvalue weighted by molar-refractivity contribution is 4.96. The Labute approximate surface area is 126 Å². The molecule has 2 atom stereocenters. The Kier molecular flexibility index (Phi) is 10.7. The van der Waals surface area contributed by atoms with E-state index in [4.69, 9.17) is 4.74 Å². The molecule has 1 heterocycles. The van der Waals surface area contributed by atoms with E-state index >= 15 is 0 Å². The number of hydrogen-bond donors (Lipinski definition) is 0. The van der Waals surface area contributed by atoms with Crippen molar-refractivity contribution in [3.05, 3.63) is 24.8 Å². The van der Waals surface area contributed by atoms with E-state index in [1.807, 2.05) is 12.2 Å². The number of unbranched alkanes of at least 4 members (excludes halogenated alkanes) is 8. The largest absolute Gasteiger partial charge is 0.370 e. The summed E-state index contributed by atoms with van der Waals surface area (Å²) >= 11 is 0. The molecule has 0 aliphatic carbocycles. The Morgan fingerprint density at radius 2 is 1.45 bits per heavy atom. The van der Waals surface area contributed by atoms with E-state index in [0.29, 0.717) is 12.2 Å². The molecule has 0 aromatic rings. The Morgan fingerprint density at radius 3 is 2.10 bits per heavy atom. The molecule has 20 heavy (non-hydrogen) atoms. The van der Waals surface area contributed by atoms with Gasteiger partial charge in [-0.25, -0.2) is 0 Å². The van der Waals surface area contributed by atoms with E-state index in [9.17, 15) is 0 Å². The predicted octanol–water partition coefficient (Wildman–Crippen LogP) is 6.20. The summed E-state index contributed by atoms with van der Waals surface area (Å²) in [6.07, 6.45) is 23.5. The fourth-order valence-electron chi connectivity index (χ4n) is 2.79. The third-order valence-corrected chi connectivity index (χ3v) is 4.16. The quantitative estimate of drug-likeness (QED) is 0.209. The van der Waals surface area contributed by atoms with Crippen LogP contribution in [0, 0.1) is 0 Å². The molecular weight excluding hydrogens is 244 g/mol. The van der Waals surface area contributed by atoms with Crippen molar-refractivity contribution < 1.29 is 4.74 Å². The van der Waals surface area contributed by atoms with Crippen LogP contribution in [0.25, 0.3) is 0 Å². The summed E-state index contributed by atoms with van der Waals surface area (Å²) in [5.41, 5.74) is 0. The topological polar surface area (TPSA) is 12.5 Å². The molecule has 0 aromatic heterocycles. The summed E-state index contributed by atoms with van der Waals surface area (Å²) in [7, 11) is 0. The number of rotatable bonds is 14. The first-order chi connectivity index (χ1) is 9.88. The Bertz CT molecular complexity index is 256. The van der Waals surface area contributed by atoms with Crippen LogP contribution in [0.4, 0.5) is 0 Å². The first kappa shape index (κ1) is 17.5. The molecule has 116 valence electrons. The smallest absolute Gasteiger partial charge is 0.0841 e. The third-order valence-electron chi connectivity index (χ3n) is 4.16. The molecule has 1 rings (SSSR count). The third kappa shape index (κ3) is 9.36. The van der Waals surface area contributed by atoms with Crippen molar-refractivity contribution in [1.29, 1.82) is 0 Å². The van der Waals surface area contributed by atoms with E-state index in [-0.39, 0.29) is 0 Å². The molecule has 0 bridgehead atoms. The van der Waals surface area contributed by atoms with Crippen LogP contribution in [-0.4, -0.2) is 12.2 Å². The molecule has 0 aromatic carbocycles. The highest BCUT2D eigenvalue weighted by Gasteiger charge is 2.36. The summed E-state index contributed by atoms with van der Waals surface area (Å²) < 4.78 is 5.76. The second-order valence-electron chi connectivity index (χ2n) is 6.07. The van der Waals surface area contributed by atoms with E-state index in [2.05, 4.69) is 19.6 Å². The van der Waals surface area contributed by atoms with Crippen LogP contribution in [-0.2, 0) is 4.74 Å². The maximum absolute atomic E-state index is 5.76. The van der Waals surface area contributed by atoms with Crippen LogP contribution in [0.1, 0.15) is 84.0 Å². The summed E-state index contributed by atoms with van der Waals surface area (Å²) in [5.74, 6) is 0. The molecule has 1 nitrogen and oxygen atoms in total. The molecule has 1 fully saturated rings. The lowest BCUT2D eigenvalue weighted by atomic mass is 10.0. The maximum atomic E-state index is 5.76. The lowest BCUT2D eigenvalue weighted by molar-refractivity contribution is 0.348. The average molecular weight is 278 g/mol. The van der Waals surface area contributed by atoms with Crippen molar-refractivity contribution in [2.45, 2.75) is 96.2 Å². The van der Waals surface area contributed by atoms with Crippen LogP contribution in [0.5, 0.6) is 0 Å². The summed E-state index contributed by atoms with van der Waals surface area (Å²) in [4.78, 5) is 0. The minimum absolute atomic E-state index is 0.596. The van der Waals surface area contributed by atoms with Gasteiger partial charge in [0.1, 0.15) is 0 Å². The minimum atomic E-state index is 0.596. The molecule has 1 aliphatic rings. The lowest BCUT2D eigenvalue weighted by Gasteiger charge is -2.00. The molecule has 2 unspecified atom stereocenters. The van der Waals surface area contributed by atoms with Crippen molar-refractivity contribution >= 4 is 0 Å². The van der Waals surface area contributed by atoms with E-state index in [1.165, 1.54) is 77.0 Å². The fraction of sp³-hybridized carbons (Fsp3) is 0.789. The highest BCUT2D eigenvalue weighted by atomic mass is 16.6. The van der Waals surface area contributed by atoms with Gasteiger partial charge in [0.2, 0.25) is 0 Å². The number of allylic oxidation sites excluding steroid dienone is 3. The van der Waals surface area contributed by atoms with Gasteiger partial charge in [-0.2, -0.15) is 0 Å². The van der Waals surface area contributed by atoms with Crippen LogP contribution >= 0.6 is 0 Å². The van der Waals surface area contributed by atoms with Gasteiger partial charge < -0.3 is 4.74 Å². The van der Waals surface area contributed by atoms with Crippen molar-refractivity contribution in [3.63, 3.8) is 0 Å². The zero-order valence-electron chi connectivity index (χ0n) is 13.5. The Morgan fingerprint density at radius 1 is 0.850 bits per heavy atom. The van der Waals surface area contributed by atoms with Crippen molar-refractivity contribution in [3.8, 4) is 0 Å². The minimum Gasteiger partial charge on any atom is -0.370 e. The van der Waals surface area contributed by atoms with Gasteiger partial charge in [0.15, 0.2) is 0 Å². The van der Waals surface area contributed by atoms with Gasteiger partial charge in [0, 0.05) is 0 Å². The molecule has 1 heteroatoms. The normalized spacial score (nSPS) is 21.4. The Hall–Kier alpha value is -0.560. The van der Waals surface area contributed by atoms with Gasteiger partial charge in [-0.1, -0.05) is 83.1 Å². The van der Waals surface area contributed by atoms with Crippen LogP contribution in [0.3, 0.4) is 0 Å². The monoisotopic (exact) mass is 278 g/mol. The zero-order chi connectivity index (χ0) is 14.5. The first-order valence-electron chi connectivity index (χ1n) is 8.81. The van der Waals surface area contributed by atoms with Gasteiger partial charge in [-0.3, -0.25) is 0 Å². The van der Waals surface area contributed by atoms with Gasteiger partial charge in [-0.05, 0) is 25.7 Å². The fourth-order valence-corrected chi connectivity index (χ4v) is 2.79. The SMILES string of the molecule is C=C/C=C/CCCCC1OC1CCCCCCCCC. The van der Waals surface area contributed by atoms with Crippen molar-refractivity contribution in [2.75, 3.05) is 0 Å². The van der Waals surface area contributed by atoms with E-state index in [0.717, 1.165) is 0 Å². The molecule has 1 saturated heterocycles. The van der Waals surface area contributed by atoms with Crippen molar-refractivity contribution in [1.82, 2.24) is 0 Å². The van der Waals surface area contributed by atoms with Crippen molar-refractivity contribution in [2.24, 2.45) is 0 Å². The van der Waals surface area contributed by atoms with E-state index in [1.54, 1.807) is 0 Å². The molecule has 0 amide bonds. The van der Waals surface area contributed by atoms with Gasteiger partial charge in [0.05, 0.1) is 12.2 Å². The lowest BCUT2D eigenvalue weighted by Crippen LogP contribution is -1.94.